The summed E-state index contributed by atoms with van der Waals surface area (Å²) in [5.41, 5.74) is 1.62. The van der Waals surface area contributed by atoms with Gasteiger partial charge < -0.3 is 19.4 Å². The van der Waals surface area contributed by atoms with Gasteiger partial charge >= 0.3 is 0 Å². The quantitative estimate of drug-likeness (QED) is 0.507. The van der Waals surface area contributed by atoms with Gasteiger partial charge in [-0.25, -0.2) is 0 Å². The largest absolute Gasteiger partial charge is 0.497 e. The molecule has 0 bridgehead atoms. The number of aromatic nitrogens is 3. The molecule has 1 atom stereocenters. The molecule has 0 aliphatic rings. The molecule has 0 aliphatic carbocycles. The maximum absolute atomic E-state index is 12.3. The van der Waals surface area contributed by atoms with Crippen LogP contribution in [0.2, 0.25) is 5.02 Å². The molecule has 1 amide bonds. The standard InChI is InChI=1S/C21H23ClN4O3S/c1-13-5-6-15(11-18(13)22)23-19(27)12-30-21-25-24-20(26(21)3)14(2)29-17-9-7-16(28-4)8-10-17/h5-11,14H,12H2,1-4H3,(H,23,27). The molecule has 1 aromatic heterocycles. The van der Waals surface area contributed by atoms with E-state index < -0.39 is 0 Å². The van der Waals surface area contributed by atoms with Gasteiger partial charge in [0.2, 0.25) is 5.91 Å². The van der Waals surface area contributed by atoms with Crippen molar-refractivity contribution in [2.45, 2.75) is 25.1 Å². The molecule has 9 heteroatoms. The van der Waals surface area contributed by atoms with Crippen molar-refractivity contribution >= 4 is 35.0 Å². The Morgan fingerprint density at radius 2 is 1.90 bits per heavy atom. The van der Waals surface area contributed by atoms with Crippen molar-refractivity contribution < 1.29 is 14.3 Å². The van der Waals surface area contributed by atoms with E-state index in [1.165, 1.54) is 11.8 Å². The number of benzene rings is 2. The van der Waals surface area contributed by atoms with Gasteiger partial charge in [-0.1, -0.05) is 29.4 Å². The summed E-state index contributed by atoms with van der Waals surface area (Å²) in [5.74, 6) is 2.19. The number of nitrogens with one attached hydrogen (secondary N) is 1. The molecule has 30 heavy (non-hydrogen) atoms. The van der Waals surface area contributed by atoms with Crippen molar-refractivity contribution in [2.75, 3.05) is 18.2 Å². The number of amides is 1. The Kier molecular flexibility index (Phi) is 7.23. The molecular weight excluding hydrogens is 424 g/mol. The Hall–Kier alpha value is -2.71. The minimum absolute atomic E-state index is 0.146. The van der Waals surface area contributed by atoms with Crippen LogP contribution >= 0.6 is 23.4 Å². The van der Waals surface area contributed by atoms with Crippen LogP contribution in [0.1, 0.15) is 24.4 Å². The van der Waals surface area contributed by atoms with E-state index in [2.05, 4.69) is 15.5 Å². The zero-order valence-electron chi connectivity index (χ0n) is 17.2. The van der Waals surface area contributed by atoms with Gasteiger partial charge in [0.1, 0.15) is 11.5 Å². The second-order valence-corrected chi connectivity index (χ2v) is 7.99. The van der Waals surface area contributed by atoms with Crippen LogP contribution in [0.3, 0.4) is 0 Å². The molecule has 0 saturated carbocycles. The van der Waals surface area contributed by atoms with Crippen LogP contribution < -0.4 is 14.8 Å². The molecule has 1 heterocycles. The van der Waals surface area contributed by atoms with Crippen LogP contribution in [-0.4, -0.2) is 33.5 Å². The molecule has 158 valence electrons. The van der Waals surface area contributed by atoms with Crippen LogP contribution in [0.15, 0.2) is 47.6 Å². The lowest BCUT2D eigenvalue weighted by molar-refractivity contribution is -0.113. The van der Waals surface area contributed by atoms with Crippen LogP contribution in [0.4, 0.5) is 5.69 Å². The van der Waals surface area contributed by atoms with Crippen molar-refractivity contribution in [3.05, 3.63) is 58.9 Å². The second-order valence-electron chi connectivity index (χ2n) is 6.64. The van der Waals surface area contributed by atoms with E-state index in [9.17, 15) is 4.79 Å². The lowest BCUT2D eigenvalue weighted by Gasteiger charge is -2.14. The average molecular weight is 447 g/mol. The molecule has 0 saturated heterocycles. The van der Waals surface area contributed by atoms with E-state index in [1.807, 2.05) is 61.9 Å². The third-order valence-corrected chi connectivity index (χ3v) is 5.82. The fourth-order valence-electron chi connectivity index (χ4n) is 2.71. The Balaban J connectivity index is 1.57. The highest BCUT2D eigenvalue weighted by Crippen LogP contribution is 2.25. The first-order chi connectivity index (χ1) is 14.4. The number of carbonyl (C=O) groups is 1. The first-order valence-electron chi connectivity index (χ1n) is 9.26. The summed E-state index contributed by atoms with van der Waals surface area (Å²) in [7, 11) is 3.47. The van der Waals surface area contributed by atoms with Crippen molar-refractivity contribution in [3.8, 4) is 11.5 Å². The van der Waals surface area contributed by atoms with Crippen LogP contribution in [0, 0.1) is 6.92 Å². The fourth-order valence-corrected chi connectivity index (χ4v) is 3.61. The number of hydrogen-bond acceptors (Lipinski definition) is 6. The minimum Gasteiger partial charge on any atom is -0.497 e. The number of methoxy groups -OCH3 is 1. The summed E-state index contributed by atoms with van der Waals surface area (Å²) >= 11 is 7.40. The number of aryl methyl sites for hydroxylation is 1. The van der Waals surface area contributed by atoms with Gasteiger partial charge in [0.05, 0.1) is 12.9 Å². The van der Waals surface area contributed by atoms with Crippen molar-refractivity contribution in [2.24, 2.45) is 7.05 Å². The number of nitrogens with zero attached hydrogens (tertiary/aromatic N) is 3. The Bertz CT molecular complexity index is 1020. The van der Waals surface area contributed by atoms with E-state index in [4.69, 9.17) is 21.1 Å². The number of halogens is 1. The van der Waals surface area contributed by atoms with Gasteiger partial charge in [-0.05, 0) is 55.8 Å². The molecule has 1 unspecified atom stereocenters. The molecule has 0 radical (unpaired) electrons. The summed E-state index contributed by atoms with van der Waals surface area (Å²) in [4.78, 5) is 12.3. The fraction of sp³-hybridized carbons (Fsp3) is 0.286. The molecular formula is C21H23ClN4O3S. The Morgan fingerprint density at radius 3 is 2.57 bits per heavy atom. The van der Waals surface area contributed by atoms with Gasteiger partial charge in [0.15, 0.2) is 17.1 Å². The highest BCUT2D eigenvalue weighted by molar-refractivity contribution is 7.99. The first-order valence-corrected chi connectivity index (χ1v) is 10.6. The summed E-state index contributed by atoms with van der Waals surface area (Å²) in [5, 5.41) is 12.5. The Morgan fingerprint density at radius 1 is 1.20 bits per heavy atom. The topological polar surface area (TPSA) is 78.3 Å². The minimum atomic E-state index is -0.311. The summed E-state index contributed by atoms with van der Waals surface area (Å²) in [6.07, 6.45) is -0.311. The van der Waals surface area contributed by atoms with E-state index in [0.717, 1.165) is 11.3 Å². The average Bonchev–Trinajstić information content (AvgIpc) is 3.10. The highest BCUT2D eigenvalue weighted by atomic mass is 35.5. The first kappa shape index (κ1) is 22.0. The van der Waals surface area contributed by atoms with Gasteiger partial charge in [-0.2, -0.15) is 0 Å². The second kappa shape index (κ2) is 9.86. The number of thioether (sulfide) groups is 1. The molecule has 0 fully saturated rings. The van der Waals surface area contributed by atoms with E-state index >= 15 is 0 Å². The van der Waals surface area contributed by atoms with Crippen molar-refractivity contribution in [1.82, 2.24) is 14.8 Å². The van der Waals surface area contributed by atoms with E-state index in [-0.39, 0.29) is 17.8 Å². The predicted octanol–water partition coefficient (Wildman–Crippen LogP) is 4.66. The van der Waals surface area contributed by atoms with Crippen LogP contribution in [0.5, 0.6) is 11.5 Å². The molecule has 0 aliphatic heterocycles. The van der Waals surface area contributed by atoms with Crippen LogP contribution in [0.25, 0.3) is 0 Å². The maximum atomic E-state index is 12.3. The summed E-state index contributed by atoms with van der Waals surface area (Å²) in [6.45, 7) is 3.81. The molecule has 1 N–H and O–H groups in total. The maximum Gasteiger partial charge on any atom is 0.234 e. The van der Waals surface area contributed by atoms with Gasteiger partial charge in [0, 0.05) is 17.8 Å². The van der Waals surface area contributed by atoms with Crippen LogP contribution in [-0.2, 0) is 11.8 Å². The van der Waals surface area contributed by atoms with Gasteiger partial charge in [-0.3, -0.25) is 4.79 Å². The normalized spacial score (nSPS) is 11.8. The predicted molar refractivity (Wildman–Crippen MR) is 119 cm³/mol. The SMILES string of the molecule is COc1ccc(OC(C)c2nnc(SCC(=O)Nc3ccc(C)c(Cl)c3)n2C)cc1. The monoisotopic (exact) mass is 446 g/mol. The van der Waals surface area contributed by atoms with Gasteiger partial charge in [-0.15, -0.1) is 10.2 Å². The molecule has 3 rings (SSSR count). The molecule has 0 spiro atoms. The van der Waals surface area contributed by atoms with Crippen molar-refractivity contribution in [1.29, 1.82) is 0 Å². The Labute approximate surface area is 184 Å². The number of carbonyl (C=O) groups excluding carboxylic acids is 1. The number of anilines is 1. The third kappa shape index (κ3) is 5.46. The van der Waals surface area contributed by atoms with Crippen molar-refractivity contribution in [3.63, 3.8) is 0 Å². The number of ether oxygens (including phenoxy) is 2. The smallest absolute Gasteiger partial charge is 0.234 e. The third-order valence-electron chi connectivity index (χ3n) is 4.39. The van der Waals surface area contributed by atoms with Gasteiger partial charge in [0.25, 0.3) is 0 Å². The lowest BCUT2D eigenvalue weighted by atomic mass is 10.2. The lowest BCUT2D eigenvalue weighted by Crippen LogP contribution is -2.15. The molecule has 2 aromatic carbocycles. The number of hydrogen-bond donors (Lipinski definition) is 1. The highest BCUT2D eigenvalue weighted by Gasteiger charge is 2.18. The molecule has 3 aromatic rings. The summed E-state index contributed by atoms with van der Waals surface area (Å²) < 4.78 is 12.9. The number of rotatable bonds is 8. The zero-order valence-corrected chi connectivity index (χ0v) is 18.8. The van der Waals surface area contributed by atoms with E-state index in [0.29, 0.717) is 27.4 Å². The van der Waals surface area contributed by atoms with E-state index in [1.54, 1.807) is 13.2 Å². The summed E-state index contributed by atoms with van der Waals surface area (Å²) in [6, 6.07) is 12.8. The molecule has 7 nitrogen and oxygen atoms in total. The zero-order chi connectivity index (χ0) is 21.7.